The molecule has 6 nitrogen and oxygen atoms in total. The van der Waals surface area contributed by atoms with Gasteiger partial charge in [0.1, 0.15) is 9.84 Å². The van der Waals surface area contributed by atoms with E-state index in [9.17, 15) is 13.5 Å². The molecule has 0 aromatic rings. The van der Waals surface area contributed by atoms with Crippen LogP contribution in [0.15, 0.2) is 0 Å². The Kier molecular flexibility index (Phi) is 8.71. The third-order valence-corrected chi connectivity index (χ3v) is 3.33. The summed E-state index contributed by atoms with van der Waals surface area (Å²) in [7, 11) is -1.41. The second kappa shape index (κ2) is 8.82. The molecule has 0 saturated carbocycles. The summed E-state index contributed by atoms with van der Waals surface area (Å²) in [6.07, 6.45) is 0.460. The number of rotatable bonds is 10. The molecule has 0 aliphatic rings. The van der Waals surface area contributed by atoms with E-state index >= 15 is 0 Å². The van der Waals surface area contributed by atoms with Gasteiger partial charge in [0.15, 0.2) is 0 Å². The molecular formula is C11H25NO5S. The monoisotopic (exact) mass is 283 g/mol. The standard InChI is InChI=1S/C11H25NO5S/c1-9(8-18(4,14)15)12-5-11(13)7-17-10(2)6-16-3/h9-13H,5-8H2,1-4H3. The maximum Gasteiger partial charge on any atom is 0.148 e. The zero-order chi connectivity index (χ0) is 14.2. The number of ether oxygens (including phenoxy) is 2. The highest BCUT2D eigenvalue weighted by Crippen LogP contribution is 1.95. The maximum absolute atomic E-state index is 11.0. The SMILES string of the molecule is COCC(C)OCC(O)CNC(C)CS(C)(=O)=O. The number of aliphatic hydroxyl groups is 1. The number of sulfone groups is 1. The van der Waals surface area contributed by atoms with Crippen molar-refractivity contribution in [2.75, 3.05) is 38.9 Å². The van der Waals surface area contributed by atoms with Crippen molar-refractivity contribution in [3.63, 3.8) is 0 Å². The average Bonchev–Trinajstić information content (AvgIpc) is 2.21. The highest BCUT2D eigenvalue weighted by molar-refractivity contribution is 7.90. The molecule has 0 saturated heterocycles. The Morgan fingerprint density at radius 1 is 1.28 bits per heavy atom. The van der Waals surface area contributed by atoms with Crippen LogP contribution in [0.2, 0.25) is 0 Å². The lowest BCUT2D eigenvalue weighted by atomic mass is 10.3. The Labute approximate surface area is 110 Å². The van der Waals surface area contributed by atoms with Crippen LogP contribution in [-0.4, -0.2) is 70.7 Å². The van der Waals surface area contributed by atoms with Crippen molar-refractivity contribution in [1.29, 1.82) is 0 Å². The van der Waals surface area contributed by atoms with Crippen LogP contribution in [0, 0.1) is 0 Å². The van der Waals surface area contributed by atoms with Crippen LogP contribution in [0.5, 0.6) is 0 Å². The van der Waals surface area contributed by atoms with Gasteiger partial charge in [-0.25, -0.2) is 8.42 Å². The molecule has 0 radical (unpaired) electrons. The highest BCUT2D eigenvalue weighted by Gasteiger charge is 2.13. The molecule has 18 heavy (non-hydrogen) atoms. The first kappa shape index (κ1) is 17.8. The van der Waals surface area contributed by atoms with Gasteiger partial charge in [-0.1, -0.05) is 0 Å². The fraction of sp³-hybridized carbons (Fsp3) is 1.00. The molecule has 0 bridgehead atoms. The third kappa shape index (κ3) is 10.9. The molecule has 0 fully saturated rings. The second-order valence-electron chi connectivity index (χ2n) is 4.65. The van der Waals surface area contributed by atoms with Crippen molar-refractivity contribution in [1.82, 2.24) is 5.32 Å². The fourth-order valence-corrected chi connectivity index (χ4v) is 2.49. The lowest BCUT2D eigenvalue weighted by Gasteiger charge is -2.18. The summed E-state index contributed by atoms with van der Waals surface area (Å²) in [5.41, 5.74) is 0. The van der Waals surface area contributed by atoms with E-state index in [0.29, 0.717) is 13.2 Å². The average molecular weight is 283 g/mol. The van der Waals surface area contributed by atoms with Gasteiger partial charge < -0.3 is 19.9 Å². The van der Waals surface area contributed by atoms with Gasteiger partial charge in [-0.3, -0.25) is 0 Å². The fourth-order valence-electron chi connectivity index (χ4n) is 1.47. The molecule has 7 heteroatoms. The maximum atomic E-state index is 11.0. The topological polar surface area (TPSA) is 84.9 Å². The predicted octanol–water partition coefficient (Wildman–Crippen LogP) is -0.578. The molecule has 0 aromatic carbocycles. The van der Waals surface area contributed by atoms with Gasteiger partial charge >= 0.3 is 0 Å². The van der Waals surface area contributed by atoms with E-state index in [2.05, 4.69) is 5.32 Å². The minimum Gasteiger partial charge on any atom is -0.389 e. The molecule has 0 spiro atoms. The van der Waals surface area contributed by atoms with Crippen LogP contribution >= 0.6 is 0 Å². The van der Waals surface area contributed by atoms with E-state index in [1.165, 1.54) is 6.26 Å². The Hall–Kier alpha value is -0.210. The van der Waals surface area contributed by atoms with Crippen molar-refractivity contribution in [3.05, 3.63) is 0 Å². The normalized spacial score (nSPS) is 17.4. The molecule has 0 rings (SSSR count). The van der Waals surface area contributed by atoms with Gasteiger partial charge in [0.25, 0.3) is 0 Å². The van der Waals surface area contributed by atoms with Gasteiger partial charge in [0, 0.05) is 26.0 Å². The Morgan fingerprint density at radius 3 is 2.39 bits per heavy atom. The van der Waals surface area contributed by atoms with Crippen LogP contribution in [-0.2, 0) is 19.3 Å². The summed E-state index contributed by atoms with van der Waals surface area (Å²) in [5.74, 6) is 0.0562. The van der Waals surface area contributed by atoms with Gasteiger partial charge in [-0.2, -0.15) is 0 Å². The molecule has 0 heterocycles. The second-order valence-corrected chi connectivity index (χ2v) is 6.84. The summed E-state index contributed by atoms with van der Waals surface area (Å²) >= 11 is 0. The van der Waals surface area contributed by atoms with Crippen LogP contribution in [0.25, 0.3) is 0 Å². The quantitative estimate of drug-likeness (QED) is 0.558. The summed E-state index contributed by atoms with van der Waals surface area (Å²) < 4.78 is 32.3. The Bertz CT molecular complexity index is 307. The molecule has 0 amide bonds. The number of methoxy groups -OCH3 is 1. The van der Waals surface area contributed by atoms with Gasteiger partial charge in [0.2, 0.25) is 0 Å². The molecule has 0 aromatic heterocycles. The van der Waals surface area contributed by atoms with E-state index < -0.39 is 15.9 Å². The zero-order valence-corrected chi connectivity index (χ0v) is 12.4. The van der Waals surface area contributed by atoms with Crippen molar-refractivity contribution in [2.45, 2.75) is 32.1 Å². The Balaban J connectivity index is 3.73. The molecule has 0 aliphatic heterocycles. The van der Waals surface area contributed by atoms with E-state index in [-0.39, 0.29) is 24.5 Å². The van der Waals surface area contributed by atoms with Gasteiger partial charge in [-0.15, -0.1) is 0 Å². The van der Waals surface area contributed by atoms with E-state index in [1.54, 1.807) is 14.0 Å². The summed E-state index contributed by atoms with van der Waals surface area (Å²) in [4.78, 5) is 0. The first-order valence-electron chi connectivity index (χ1n) is 5.94. The molecule has 110 valence electrons. The van der Waals surface area contributed by atoms with E-state index in [0.717, 1.165) is 0 Å². The lowest BCUT2D eigenvalue weighted by molar-refractivity contribution is -0.0313. The minimum atomic E-state index is -3.00. The predicted molar refractivity (Wildman–Crippen MR) is 70.5 cm³/mol. The van der Waals surface area contributed by atoms with Crippen molar-refractivity contribution in [2.24, 2.45) is 0 Å². The van der Waals surface area contributed by atoms with E-state index in [4.69, 9.17) is 9.47 Å². The molecule has 2 N–H and O–H groups in total. The van der Waals surface area contributed by atoms with Crippen molar-refractivity contribution < 1.29 is 23.0 Å². The van der Waals surface area contributed by atoms with Crippen molar-refractivity contribution >= 4 is 9.84 Å². The number of hydrogen-bond donors (Lipinski definition) is 2. The highest BCUT2D eigenvalue weighted by atomic mass is 32.2. The first-order valence-corrected chi connectivity index (χ1v) is 8.00. The Morgan fingerprint density at radius 2 is 1.89 bits per heavy atom. The number of aliphatic hydroxyl groups excluding tert-OH is 1. The minimum absolute atomic E-state index is 0.0562. The summed E-state index contributed by atoms with van der Waals surface area (Å²) in [6.45, 7) is 4.60. The van der Waals surface area contributed by atoms with Crippen LogP contribution in [0.4, 0.5) is 0 Å². The van der Waals surface area contributed by atoms with Crippen LogP contribution in [0.3, 0.4) is 0 Å². The molecule has 3 unspecified atom stereocenters. The van der Waals surface area contributed by atoms with Crippen LogP contribution < -0.4 is 5.32 Å². The summed E-state index contributed by atoms with van der Waals surface area (Å²) in [5, 5.41) is 12.6. The van der Waals surface area contributed by atoms with Gasteiger partial charge in [0.05, 0.1) is 31.2 Å². The van der Waals surface area contributed by atoms with Gasteiger partial charge in [-0.05, 0) is 13.8 Å². The van der Waals surface area contributed by atoms with Crippen molar-refractivity contribution in [3.8, 4) is 0 Å². The van der Waals surface area contributed by atoms with Crippen LogP contribution in [0.1, 0.15) is 13.8 Å². The third-order valence-electron chi connectivity index (χ3n) is 2.23. The largest absolute Gasteiger partial charge is 0.389 e. The van der Waals surface area contributed by atoms with E-state index in [1.807, 2.05) is 6.92 Å². The molecular weight excluding hydrogens is 258 g/mol. The lowest BCUT2D eigenvalue weighted by Crippen LogP contribution is -2.39. The zero-order valence-electron chi connectivity index (χ0n) is 11.5. The summed E-state index contributed by atoms with van der Waals surface area (Å²) in [6, 6.07) is -0.189. The smallest absolute Gasteiger partial charge is 0.148 e. The first-order chi connectivity index (χ1) is 8.24. The molecule has 0 aliphatic carbocycles. The molecule has 3 atom stereocenters. The number of hydrogen-bond acceptors (Lipinski definition) is 6. The number of nitrogens with one attached hydrogen (secondary N) is 1.